The second-order valence-corrected chi connectivity index (χ2v) is 5.21. The van der Waals surface area contributed by atoms with Crippen LogP contribution in [-0.4, -0.2) is 30.3 Å². The van der Waals surface area contributed by atoms with Gasteiger partial charge in [-0.2, -0.15) is 23.4 Å². The first-order valence-corrected chi connectivity index (χ1v) is 6.95. The number of halogens is 3. The largest absolute Gasteiger partial charge is 0.433 e. The predicted molar refractivity (Wildman–Crippen MR) is 77.1 cm³/mol. The molecule has 0 saturated heterocycles. The van der Waals surface area contributed by atoms with Crippen molar-refractivity contribution in [2.45, 2.75) is 19.6 Å². The maximum absolute atomic E-state index is 13.1. The zero-order chi connectivity index (χ0) is 17.5. The van der Waals surface area contributed by atoms with E-state index in [1.807, 2.05) is 0 Å². The molecular weight excluding hydrogens is 325 g/mol. The van der Waals surface area contributed by atoms with E-state index in [4.69, 9.17) is 0 Å². The summed E-state index contributed by atoms with van der Waals surface area (Å²) >= 11 is 0. The van der Waals surface area contributed by atoms with Crippen LogP contribution in [0.2, 0.25) is 0 Å². The number of carbonyl (C=O) groups is 1. The summed E-state index contributed by atoms with van der Waals surface area (Å²) in [7, 11) is 1.72. The minimum Gasteiger partial charge on any atom is -0.345 e. The molecule has 3 heterocycles. The third-order valence-electron chi connectivity index (χ3n) is 3.43. The van der Waals surface area contributed by atoms with Crippen molar-refractivity contribution in [2.75, 3.05) is 0 Å². The molecule has 0 bridgehead atoms. The average molecular weight is 338 g/mol. The molecule has 0 fully saturated rings. The zero-order valence-electron chi connectivity index (χ0n) is 12.8. The Hall–Kier alpha value is -2.91. The van der Waals surface area contributed by atoms with Gasteiger partial charge in [0.1, 0.15) is 5.69 Å². The number of carbonyl (C=O) groups excluding carboxylic acids is 1. The van der Waals surface area contributed by atoms with Crippen molar-refractivity contribution in [1.82, 2.24) is 29.7 Å². The van der Waals surface area contributed by atoms with Gasteiger partial charge in [0.25, 0.3) is 5.91 Å². The highest BCUT2D eigenvalue weighted by Crippen LogP contribution is 2.29. The molecule has 10 heteroatoms. The molecule has 0 aliphatic heterocycles. The van der Waals surface area contributed by atoms with Crippen LogP contribution in [0.3, 0.4) is 0 Å². The molecule has 1 amide bonds. The van der Waals surface area contributed by atoms with Crippen molar-refractivity contribution in [3.63, 3.8) is 0 Å². The summed E-state index contributed by atoms with van der Waals surface area (Å²) in [4.78, 5) is 16.1. The van der Waals surface area contributed by atoms with Crippen LogP contribution >= 0.6 is 0 Å². The van der Waals surface area contributed by atoms with E-state index in [-0.39, 0.29) is 23.6 Å². The van der Waals surface area contributed by atoms with Crippen molar-refractivity contribution in [2.24, 2.45) is 7.05 Å². The summed E-state index contributed by atoms with van der Waals surface area (Å²) in [5.41, 5.74) is -0.210. The fourth-order valence-electron chi connectivity index (χ4n) is 2.25. The number of hydrogen-bond acceptors (Lipinski definition) is 4. The minimum atomic E-state index is -4.60. The normalized spacial score (nSPS) is 11.9. The van der Waals surface area contributed by atoms with E-state index >= 15 is 0 Å². The van der Waals surface area contributed by atoms with Crippen LogP contribution in [0.4, 0.5) is 13.2 Å². The van der Waals surface area contributed by atoms with E-state index in [1.165, 1.54) is 13.0 Å². The number of aryl methyl sites for hydroxylation is 2. The van der Waals surface area contributed by atoms with E-state index < -0.39 is 17.8 Å². The summed E-state index contributed by atoms with van der Waals surface area (Å²) in [5.74, 6) is -0.590. The smallest absolute Gasteiger partial charge is 0.345 e. The standard InChI is InChI=1S/C14H13F3N6O/c1-8-5-11(14(15,16)17)23-12(20-8)6-10(21-23)13(24)18-7-9-3-4-19-22(9)2/h3-6H,7H2,1-2H3,(H,18,24). The van der Waals surface area contributed by atoms with Gasteiger partial charge >= 0.3 is 6.18 Å². The van der Waals surface area contributed by atoms with Gasteiger partial charge in [-0.1, -0.05) is 0 Å². The fourth-order valence-corrected chi connectivity index (χ4v) is 2.25. The topological polar surface area (TPSA) is 77.1 Å². The van der Waals surface area contributed by atoms with Crippen LogP contribution in [0.15, 0.2) is 24.4 Å². The van der Waals surface area contributed by atoms with Gasteiger partial charge in [0.05, 0.1) is 12.2 Å². The molecule has 1 N–H and O–H groups in total. The number of nitrogens with zero attached hydrogens (tertiary/aromatic N) is 5. The quantitative estimate of drug-likeness (QED) is 0.789. The van der Waals surface area contributed by atoms with Gasteiger partial charge in [0, 0.05) is 25.0 Å². The highest BCUT2D eigenvalue weighted by atomic mass is 19.4. The molecule has 0 saturated carbocycles. The van der Waals surface area contributed by atoms with E-state index in [0.717, 1.165) is 11.8 Å². The molecule has 24 heavy (non-hydrogen) atoms. The predicted octanol–water partition coefficient (Wildman–Crippen LogP) is 1.72. The molecule has 0 atom stereocenters. The molecule has 0 aliphatic rings. The molecule has 0 unspecified atom stereocenters. The second-order valence-electron chi connectivity index (χ2n) is 5.21. The molecule has 3 rings (SSSR count). The highest BCUT2D eigenvalue weighted by molar-refractivity contribution is 5.93. The Kier molecular flexibility index (Phi) is 3.74. The summed E-state index contributed by atoms with van der Waals surface area (Å²) in [6.07, 6.45) is -3.02. The van der Waals surface area contributed by atoms with Crippen LogP contribution in [0.5, 0.6) is 0 Å². The van der Waals surface area contributed by atoms with Gasteiger partial charge in [0.15, 0.2) is 11.3 Å². The lowest BCUT2D eigenvalue weighted by molar-refractivity contribution is -0.142. The number of nitrogens with one attached hydrogen (secondary N) is 1. The highest BCUT2D eigenvalue weighted by Gasteiger charge is 2.35. The van der Waals surface area contributed by atoms with Crippen LogP contribution in [-0.2, 0) is 19.8 Å². The monoisotopic (exact) mass is 338 g/mol. The Morgan fingerprint density at radius 1 is 1.33 bits per heavy atom. The lowest BCUT2D eigenvalue weighted by Crippen LogP contribution is -2.24. The van der Waals surface area contributed by atoms with Gasteiger partial charge in [-0.15, -0.1) is 0 Å². The molecule has 7 nitrogen and oxygen atoms in total. The van der Waals surface area contributed by atoms with Gasteiger partial charge in [-0.05, 0) is 19.1 Å². The van der Waals surface area contributed by atoms with Crippen molar-refractivity contribution in [3.05, 3.63) is 47.2 Å². The van der Waals surface area contributed by atoms with E-state index in [9.17, 15) is 18.0 Å². The lowest BCUT2D eigenvalue weighted by atomic mass is 10.3. The minimum absolute atomic E-state index is 0.0343. The van der Waals surface area contributed by atoms with Crippen LogP contribution in [0.25, 0.3) is 5.65 Å². The van der Waals surface area contributed by atoms with Crippen molar-refractivity contribution >= 4 is 11.6 Å². The summed E-state index contributed by atoms with van der Waals surface area (Å²) in [6.45, 7) is 1.63. The molecule has 3 aromatic heterocycles. The first-order chi connectivity index (χ1) is 11.3. The van der Waals surface area contributed by atoms with Crippen LogP contribution in [0, 0.1) is 6.92 Å². The van der Waals surface area contributed by atoms with Crippen LogP contribution < -0.4 is 5.32 Å². The Balaban J connectivity index is 1.90. The Labute approximate surface area is 134 Å². The van der Waals surface area contributed by atoms with Gasteiger partial charge in [0.2, 0.25) is 0 Å². The molecule has 0 aromatic carbocycles. The maximum atomic E-state index is 13.1. The van der Waals surface area contributed by atoms with Crippen LogP contribution in [0.1, 0.15) is 27.6 Å². The number of hydrogen-bond donors (Lipinski definition) is 1. The van der Waals surface area contributed by atoms with Crippen molar-refractivity contribution < 1.29 is 18.0 Å². The molecule has 126 valence electrons. The first kappa shape index (κ1) is 16.0. The van der Waals surface area contributed by atoms with Gasteiger partial charge in [-0.3, -0.25) is 9.48 Å². The molecule has 0 aliphatic carbocycles. The van der Waals surface area contributed by atoms with Crippen molar-refractivity contribution in [1.29, 1.82) is 0 Å². The number of fused-ring (bicyclic) bond motifs is 1. The average Bonchev–Trinajstić information content (AvgIpc) is 3.08. The van der Waals surface area contributed by atoms with Gasteiger partial charge < -0.3 is 5.32 Å². The number of aromatic nitrogens is 5. The molecule has 3 aromatic rings. The number of amides is 1. The Morgan fingerprint density at radius 2 is 2.08 bits per heavy atom. The summed E-state index contributed by atoms with van der Waals surface area (Å²) in [5, 5.41) is 10.3. The van der Waals surface area contributed by atoms with E-state index in [2.05, 4.69) is 20.5 Å². The third-order valence-corrected chi connectivity index (χ3v) is 3.43. The Bertz CT molecular complexity index is 911. The molecule has 0 spiro atoms. The third kappa shape index (κ3) is 2.94. The van der Waals surface area contributed by atoms with E-state index in [1.54, 1.807) is 24.0 Å². The first-order valence-electron chi connectivity index (χ1n) is 6.95. The number of alkyl halides is 3. The molecule has 0 radical (unpaired) electrons. The van der Waals surface area contributed by atoms with Crippen molar-refractivity contribution in [3.8, 4) is 0 Å². The fraction of sp³-hybridized carbons (Fsp3) is 0.286. The Morgan fingerprint density at radius 3 is 2.71 bits per heavy atom. The second kappa shape index (κ2) is 5.62. The van der Waals surface area contributed by atoms with E-state index in [0.29, 0.717) is 4.52 Å². The molecular formula is C14H13F3N6O. The summed E-state index contributed by atoms with van der Waals surface area (Å²) in [6, 6.07) is 3.83. The van der Waals surface area contributed by atoms with Gasteiger partial charge in [-0.25, -0.2) is 9.50 Å². The maximum Gasteiger partial charge on any atom is 0.433 e. The number of rotatable bonds is 3. The SMILES string of the molecule is Cc1cc(C(F)(F)F)n2nc(C(=O)NCc3ccnn3C)cc2n1. The lowest BCUT2D eigenvalue weighted by Gasteiger charge is -2.09. The summed E-state index contributed by atoms with van der Waals surface area (Å²) < 4.78 is 41.5. The zero-order valence-corrected chi connectivity index (χ0v) is 12.8.